The van der Waals surface area contributed by atoms with Crippen molar-refractivity contribution >= 4 is 12.1 Å². The molecule has 0 aliphatic carbocycles. The third-order valence-electron chi connectivity index (χ3n) is 3.91. The lowest BCUT2D eigenvalue weighted by Crippen LogP contribution is -2.33. The second-order valence-electron chi connectivity index (χ2n) is 6.14. The molecule has 1 saturated heterocycles. The Balaban J connectivity index is 1.44. The highest BCUT2D eigenvalue weighted by Gasteiger charge is 2.33. The molecule has 0 aromatic heterocycles. The number of ether oxygens (including phenoxy) is 3. The van der Waals surface area contributed by atoms with E-state index in [1.807, 2.05) is 54.6 Å². The predicted octanol–water partition coefficient (Wildman–Crippen LogP) is 2.87. The first kappa shape index (κ1) is 18.1. The van der Waals surface area contributed by atoms with Gasteiger partial charge in [0.1, 0.15) is 12.4 Å². The molecule has 2 aromatic rings. The molecule has 136 valence electrons. The van der Waals surface area contributed by atoms with Gasteiger partial charge in [-0.25, -0.2) is 5.43 Å². The van der Waals surface area contributed by atoms with Gasteiger partial charge in [-0.2, -0.15) is 5.10 Å². The number of rotatable bonds is 7. The van der Waals surface area contributed by atoms with Crippen molar-refractivity contribution in [2.75, 3.05) is 13.2 Å². The van der Waals surface area contributed by atoms with Crippen LogP contribution in [0.3, 0.4) is 0 Å². The number of hydrogen-bond acceptors (Lipinski definition) is 5. The average molecular weight is 354 g/mol. The molecule has 0 spiro atoms. The Morgan fingerprint density at radius 3 is 2.54 bits per heavy atom. The predicted molar refractivity (Wildman–Crippen MR) is 97.9 cm³/mol. The van der Waals surface area contributed by atoms with Gasteiger partial charge in [-0.05, 0) is 42.3 Å². The van der Waals surface area contributed by atoms with Crippen LogP contribution < -0.4 is 10.2 Å². The molecule has 1 amide bonds. The molecule has 0 saturated carbocycles. The highest BCUT2D eigenvalue weighted by Crippen LogP contribution is 2.22. The van der Waals surface area contributed by atoms with E-state index in [0.717, 1.165) is 16.9 Å². The van der Waals surface area contributed by atoms with Crippen molar-refractivity contribution in [2.45, 2.75) is 25.7 Å². The molecule has 0 unspecified atom stereocenters. The summed E-state index contributed by atoms with van der Waals surface area (Å²) in [7, 11) is 0. The molecule has 6 heteroatoms. The number of carbonyl (C=O) groups is 1. The first-order valence-electron chi connectivity index (χ1n) is 8.50. The van der Waals surface area contributed by atoms with E-state index in [4.69, 9.17) is 14.2 Å². The summed E-state index contributed by atoms with van der Waals surface area (Å²) in [6.45, 7) is 3.28. The molecule has 0 atom stereocenters. The maximum Gasteiger partial charge on any atom is 0.245 e. The van der Waals surface area contributed by atoms with E-state index in [1.165, 1.54) is 0 Å². The minimum Gasteiger partial charge on any atom is -0.489 e. The van der Waals surface area contributed by atoms with Crippen LogP contribution in [-0.4, -0.2) is 31.1 Å². The summed E-state index contributed by atoms with van der Waals surface area (Å²) < 4.78 is 16.5. The first-order valence-corrected chi connectivity index (χ1v) is 8.50. The van der Waals surface area contributed by atoms with Gasteiger partial charge in [0.15, 0.2) is 5.79 Å². The fourth-order valence-corrected chi connectivity index (χ4v) is 2.56. The summed E-state index contributed by atoms with van der Waals surface area (Å²) in [4.78, 5) is 11.9. The summed E-state index contributed by atoms with van der Waals surface area (Å²) in [6, 6.07) is 17.5. The van der Waals surface area contributed by atoms with Gasteiger partial charge in [0.2, 0.25) is 5.91 Å². The first-order chi connectivity index (χ1) is 12.6. The van der Waals surface area contributed by atoms with Crippen LogP contribution in [-0.2, 0) is 20.9 Å². The van der Waals surface area contributed by atoms with E-state index in [2.05, 4.69) is 10.5 Å². The number of nitrogens with zero attached hydrogens (tertiary/aromatic N) is 1. The molecule has 6 nitrogen and oxygen atoms in total. The van der Waals surface area contributed by atoms with Gasteiger partial charge < -0.3 is 14.2 Å². The van der Waals surface area contributed by atoms with Crippen LogP contribution in [0.25, 0.3) is 0 Å². The largest absolute Gasteiger partial charge is 0.489 e. The van der Waals surface area contributed by atoms with E-state index in [0.29, 0.717) is 19.8 Å². The van der Waals surface area contributed by atoms with Crippen LogP contribution in [0.1, 0.15) is 24.5 Å². The maximum absolute atomic E-state index is 11.9. The van der Waals surface area contributed by atoms with Crippen molar-refractivity contribution < 1.29 is 19.0 Å². The van der Waals surface area contributed by atoms with Crippen molar-refractivity contribution in [1.29, 1.82) is 0 Å². The Kier molecular flexibility index (Phi) is 5.99. The molecule has 0 radical (unpaired) electrons. The molecule has 3 rings (SSSR count). The van der Waals surface area contributed by atoms with E-state index in [1.54, 1.807) is 13.1 Å². The average Bonchev–Trinajstić information content (AvgIpc) is 3.08. The fraction of sp³-hybridized carbons (Fsp3) is 0.300. The fourth-order valence-electron chi connectivity index (χ4n) is 2.56. The summed E-state index contributed by atoms with van der Waals surface area (Å²) in [5.74, 6) is -0.330. The number of carbonyl (C=O) groups excluding carboxylic acids is 1. The number of hydrazone groups is 1. The van der Waals surface area contributed by atoms with Crippen LogP contribution in [0.4, 0.5) is 0 Å². The zero-order valence-corrected chi connectivity index (χ0v) is 14.7. The lowest BCUT2D eigenvalue weighted by Gasteiger charge is -2.20. The van der Waals surface area contributed by atoms with Crippen LogP contribution in [0.5, 0.6) is 5.75 Å². The zero-order chi connectivity index (χ0) is 18.2. The summed E-state index contributed by atoms with van der Waals surface area (Å²) in [6.07, 6.45) is 1.69. The minimum atomic E-state index is -0.850. The molecule has 1 fully saturated rings. The van der Waals surface area contributed by atoms with Gasteiger partial charge >= 0.3 is 0 Å². The van der Waals surface area contributed by atoms with Gasteiger partial charge in [0, 0.05) is 0 Å². The van der Waals surface area contributed by atoms with E-state index >= 15 is 0 Å². The SMILES string of the molecule is CC1(CC(=O)N/N=C/c2ccc(OCc3ccccc3)cc2)OCCO1. The molecule has 2 aromatic carbocycles. The number of benzene rings is 2. The second kappa shape index (κ2) is 8.60. The minimum absolute atomic E-state index is 0.108. The van der Waals surface area contributed by atoms with Crippen LogP contribution in [0.2, 0.25) is 0 Å². The Hall–Kier alpha value is -2.70. The van der Waals surface area contributed by atoms with Gasteiger partial charge in [0.05, 0.1) is 25.8 Å². The van der Waals surface area contributed by atoms with Crippen LogP contribution >= 0.6 is 0 Å². The van der Waals surface area contributed by atoms with Crippen molar-refractivity contribution in [2.24, 2.45) is 5.10 Å². The van der Waals surface area contributed by atoms with Gasteiger partial charge in [0.25, 0.3) is 0 Å². The third kappa shape index (κ3) is 5.40. The van der Waals surface area contributed by atoms with E-state index in [-0.39, 0.29) is 12.3 Å². The van der Waals surface area contributed by atoms with Crippen LogP contribution in [0.15, 0.2) is 59.7 Å². The van der Waals surface area contributed by atoms with E-state index in [9.17, 15) is 4.79 Å². The Bertz CT molecular complexity index is 738. The molecule has 26 heavy (non-hydrogen) atoms. The molecule has 1 heterocycles. The van der Waals surface area contributed by atoms with Gasteiger partial charge in [-0.3, -0.25) is 4.79 Å². The van der Waals surface area contributed by atoms with Crippen molar-refractivity contribution in [1.82, 2.24) is 5.43 Å². The lowest BCUT2D eigenvalue weighted by atomic mass is 10.2. The van der Waals surface area contributed by atoms with Crippen molar-refractivity contribution in [3.63, 3.8) is 0 Å². The maximum atomic E-state index is 11.9. The molecular formula is C20H22N2O4. The Morgan fingerprint density at radius 1 is 1.15 bits per heavy atom. The summed E-state index contributed by atoms with van der Waals surface area (Å²) >= 11 is 0. The normalized spacial score (nSPS) is 15.9. The summed E-state index contributed by atoms with van der Waals surface area (Å²) in [5, 5.41) is 3.96. The van der Waals surface area contributed by atoms with Crippen molar-refractivity contribution in [3.05, 3.63) is 65.7 Å². The molecular weight excluding hydrogens is 332 g/mol. The zero-order valence-electron chi connectivity index (χ0n) is 14.7. The van der Waals surface area contributed by atoms with Gasteiger partial charge in [-0.1, -0.05) is 30.3 Å². The summed E-state index contributed by atoms with van der Waals surface area (Å²) in [5.41, 5.74) is 4.46. The standard InChI is InChI=1S/C20H22N2O4/c1-20(25-11-12-26-20)13-19(23)22-21-14-16-7-9-18(10-8-16)24-15-17-5-3-2-4-6-17/h2-10,14H,11-13,15H2,1H3,(H,22,23)/b21-14+. The lowest BCUT2D eigenvalue weighted by molar-refractivity contribution is -0.159. The van der Waals surface area contributed by atoms with Crippen molar-refractivity contribution in [3.8, 4) is 5.75 Å². The molecule has 1 aliphatic heterocycles. The highest BCUT2D eigenvalue weighted by molar-refractivity contribution is 5.82. The highest BCUT2D eigenvalue weighted by atomic mass is 16.7. The monoisotopic (exact) mass is 354 g/mol. The molecule has 1 aliphatic rings. The number of nitrogens with one attached hydrogen (secondary N) is 1. The topological polar surface area (TPSA) is 69.2 Å². The van der Waals surface area contributed by atoms with E-state index < -0.39 is 5.79 Å². The molecule has 0 bridgehead atoms. The number of amides is 1. The Morgan fingerprint density at radius 2 is 1.85 bits per heavy atom. The molecule has 1 N–H and O–H groups in total. The third-order valence-corrected chi connectivity index (χ3v) is 3.91. The van der Waals surface area contributed by atoms with Gasteiger partial charge in [-0.15, -0.1) is 0 Å². The smallest absolute Gasteiger partial charge is 0.245 e. The quantitative estimate of drug-likeness (QED) is 0.613. The number of hydrogen-bond donors (Lipinski definition) is 1. The van der Waals surface area contributed by atoms with Crippen LogP contribution in [0, 0.1) is 0 Å². The Labute approximate surface area is 152 Å². The second-order valence-corrected chi connectivity index (χ2v) is 6.14.